The van der Waals surface area contributed by atoms with E-state index in [2.05, 4.69) is 29.0 Å². The predicted octanol–water partition coefficient (Wildman–Crippen LogP) is 1.83. The van der Waals surface area contributed by atoms with Gasteiger partial charge >= 0.3 is 0 Å². The quantitative estimate of drug-likeness (QED) is 0.802. The Hall–Kier alpha value is -1.74. The number of rotatable bonds is 2. The van der Waals surface area contributed by atoms with Crippen LogP contribution in [0.15, 0.2) is 43.0 Å². The molecule has 1 heterocycles. The molecule has 15 heavy (non-hydrogen) atoms. The van der Waals surface area contributed by atoms with Crippen LogP contribution in [0.5, 0.6) is 0 Å². The molecule has 3 nitrogen and oxygen atoms in total. The lowest BCUT2D eigenvalue weighted by molar-refractivity contribution is 0.850. The first-order valence-corrected chi connectivity index (χ1v) is 4.84. The minimum absolute atomic E-state index is 0.146. The van der Waals surface area contributed by atoms with Crippen LogP contribution in [0.2, 0.25) is 0 Å². The molecule has 76 valence electrons. The van der Waals surface area contributed by atoms with E-state index in [4.69, 9.17) is 5.73 Å². The highest BCUT2D eigenvalue weighted by atomic mass is 14.8. The van der Waals surface area contributed by atoms with Crippen LogP contribution in [0.4, 0.5) is 0 Å². The largest absolute Gasteiger partial charge is 0.320 e. The van der Waals surface area contributed by atoms with Gasteiger partial charge in [0.2, 0.25) is 0 Å². The molecular formula is C12H13N3. The molecule has 0 saturated carbocycles. The minimum atomic E-state index is -0.146. The molecule has 0 amide bonds. The van der Waals surface area contributed by atoms with Gasteiger partial charge in [0.05, 0.1) is 6.04 Å². The van der Waals surface area contributed by atoms with Gasteiger partial charge in [0.1, 0.15) is 6.33 Å². The number of hydrogen-bond acceptors (Lipinski definition) is 3. The second kappa shape index (κ2) is 4.19. The van der Waals surface area contributed by atoms with Crippen molar-refractivity contribution in [2.75, 3.05) is 0 Å². The Kier molecular flexibility index (Phi) is 2.74. The van der Waals surface area contributed by atoms with Gasteiger partial charge in [-0.05, 0) is 12.5 Å². The number of aryl methyl sites for hydroxylation is 1. The van der Waals surface area contributed by atoms with Crippen LogP contribution >= 0.6 is 0 Å². The first-order chi connectivity index (χ1) is 7.27. The number of benzene rings is 1. The van der Waals surface area contributed by atoms with E-state index in [0.29, 0.717) is 0 Å². The van der Waals surface area contributed by atoms with Crippen LogP contribution in [0, 0.1) is 6.92 Å². The topological polar surface area (TPSA) is 51.8 Å². The van der Waals surface area contributed by atoms with Crippen molar-refractivity contribution < 1.29 is 0 Å². The molecule has 0 spiro atoms. The highest BCUT2D eigenvalue weighted by molar-refractivity contribution is 5.30. The van der Waals surface area contributed by atoms with Gasteiger partial charge < -0.3 is 5.73 Å². The van der Waals surface area contributed by atoms with Crippen molar-refractivity contribution in [1.82, 2.24) is 9.97 Å². The molecule has 0 fully saturated rings. The maximum atomic E-state index is 6.09. The fraction of sp³-hybridized carbons (Fsp3) is 0.167. The van der Waals surface area contributed by atoms with E-state index >= 15 is 0 Å². The summed E-state index contributed by atoms with van der Waals surface area (Å²) in [6.45, 7) is 2.06. The van der Waals surface area contributed by atoms with Gasteiger partial charge in [0.25, 0.3) is 0 Å². The Bertz CT molecular complexity index is 422. The van der Waals surface area contributed by atoms with E-state index in [9.17, 15) is 0 Å². The summed E-state index contributed by atoms with van der Waals surface area (Å²) in [5.74, 6) is 0. The Balaban J connectivity index is 2.29. The molecular weight excluding hydrogens is 186 g/mol. The van der Waals surface area contributed by atoms with Crippen LogP contribution in [0.3, 0.4) is 0 Å². The average Bonchev–Trinajstić information content (AvgIpc) is 2.30. The van der Waals surface area contributed by atoms with E-state index in [-0.39, 0.29) is 6.04 Å². The standard InChI is InChI=1S/C12H13N3/c1-9-2-4-10(5-3-9)12(13)11-6-14-8-15-7-11/h2-8,12H,13H2,1H3. The highest BCUT2D eigenvalue weighted by Crippen LogP contribution is 2.17. The summed E-state index contributed by atoms with van der Waals surface area (Å²) in [5, 5.41) is 0. The molecule has 2 aromatic rings. The summed E-state index contributed by atoms with van der Waals surface area (Å²) >= 11 is 0. The fourth-order valence-electron chi connectivity index (χ4n) is 1.44. The summed E-state index contributed by atoms with van der Waals surface area (Å²) in [6.07, 6.45) is 5.00. The maximum absolute atomic E-state index is 6.09. The van der Waals surface area contributed by atoms with E-state index in [0.717, 1.165) is 11.1 Å². The van der Waals surface area contributed by atoms with Gasteiger partial charge in [-0.15, -0.1) is 0 Å². The lowest BCUT2D eigenvalue weighted by Gasteiger charge is -2.11. The van der Waals surface area contributed by atoms with Crippen LogP contribution in [-0.2, 0) is 0 Å². The Labute approximate surface area is 89.0 Å². The molecule has 2 N–H and O–H groups in total. The molecule has 1 aromatic carbocycles. The van der Waals surface area contributed by atoms with Crippen LogP contribution in [-0.4, -0.2) is 9.97 Å². The normalized spacial score (nSPS) is 12.4. The van der Waals surface area contributed by atoms with Crippen LogP contribution in [0.1, 0.15) is 22.7 Å². The molecule has 0 bridgehead atoms. The van der Waals surface area contributed by atoms with Gasteiger partial charge in [-0.25, -0.2) is 9.97 Å². The summed E-state index contributed by atoms with van der Waals surface area (Å²) in [4.78, 5) is 7.92. The molecule has 2 rings (SSSR count). The molecule has 3 heteroatoms. The van der Waals surface area contributed by atoms with Crippen LogP contribution < -0.4 is 5.73 Å². The van der Waals surface area contributed by atoms with Crippen molar-refractivity contribution in [2.24, 2.45) is 5.73 Å². The minimum Gasteiger partial charge on any atom is -0.320 e. The first kappa shape index (κ1) is 9.80. The first-order valence-electron chi connectivity index (χ1n) is 4.84. The van der Waals surface area contributed by atoms with Crippen molar-refractivity contribution in [3.05, 3.63) is 59.7 Å². The van der Waals surface area contributed by atoms with E-state index in [1.165, 1.54) is 11.9 Å². The molecule has 0 aliphatic heterocycles. The van der Waals surface area contributed by atoms with Crippen molar-refractivity contribution in [3.8, 4) is 0 Å². The van der Waals surface area contributed by atoms with Gasteiger partial charge in [-0.3, -0.25) is 0 Å². The number of aromatic nitrogens is 2. The zero-order valence-electron chi connectivity index (χ0n) is 8.59. The van der Waals surface area contributed by atoms with Crippen molar-refractivity contribution in [1.29, 1.82) is 0 Å². The Morgan fingerprint density at radius 2 is 1.60 bits per heavy atom. The second-order valence-electron chi connectivity index (χ2n) is 3.56. The van der Waals surface area contributed by atoms with Crippen LogP contribution in [0.25, 0.3) is 0 Å². The predicted molar refractivity (Wildman–Crippen MR) is 59.2 cm³/mol. The van der Waals surface area contributed by atoms with Gasteiger partial charge in [0, 0.05) is 18.0 Å². The lowest BCUT2D eigenvalue weighted by atomic mass is 10.0. The highest BCUT2D eigenvalue weighted by Gasteiger charge is 2.08. The summed E-state index contributed by atoms with van der Waals surface area (Å²) in [7, 11) is 0. The lowest BCUT2D eigenvalue weighted by Crippen LogP contribution is -2.12. The van der Waals surface area contributed by atoms with Gasteiger partial charge in [0.15, 0.2) is 0 Å². The third kappa shape index (κ3) is 2.19. The molecule has 1 unspecified atom stereocenters. The monoisotopic (exact) mass is 199 g/mol. The number of nitrogens with zero attached hydrogens (tertiary/aromatic N) is 2. The zero-order valence-corrected chi connectivity index (χ0v) is 8.59. The average molecular weight is 199 g/mol. The van der Waals surface area contributed by atoms with E-state index in [1.54, 1.807) is 12.4 Å². The second-order valence-corrected chi connectivity index (χ2v) is 3.56. The third-order valence-electron chi connectivity index (χ3n) is 2.38. The smallest absolute Gasteiger partial charge is 0.115 e. The molecule has 0 radical (unpaired) electrons. The van der Waals surface area contributed by atoms with E-state index < -0.39 is 0 Å². The zero-order chi connectivity index (χ0) is 10.7. The third-order valence-corrected chi connectivity index (χ3v) is 2.38. The van der Waals surface area contributed by atoms with Gasteiger partial charge in [-0.1, -0.05) is 29.8 Å². The van der Waals surface area contributed by atoms with Gasteiger partial charge in [-0.2, -0.15) is 0 Å². The number of hydrogen-bond donors (Lipinski definition) is 1. The SMILES string of the molecule is Cc1ccc(C(N)c2cncnc2)cc1. The summed E-state index contributed by atoms with van der Waals surface area (Å²) in [6, 6.07) is 8.03. The van der Waals surface area contributed by atoms with Crippen molar-refractivity contribution >= 4 is 0 Å². The van der Waals surface area contributed by atoms with Crippen molar-refractivity contribution in [3.63, 3.8) is 0 Å². The molecule has 1 aromatic heterocycles. The fourth-order valence-corrected chi connectivity index (χ4v) is 1.44. The summed E-state index contributed by atoms with van der Waals surface area (Å²) in [5.41, 5.74) is 9.33. The molecule has 0 aliphatic carbocycles. The Morgan fingerprint density at radius 1 is 1.00 bits per heavy atom. The molecule has 0 saturated heterocycles. The van der Waals surface area contributed by atoms with E-state index in [1.807, 2.05) is 12.1 Å². The molecule has 0 aliphatic rings. The van der Waals surface area contributed by atoms with Crippen molar-refractivity contribution in [2.45, 2.75) is 13.0 Å². The number of nitrogens with two attached hydrogens (primary N) is 1. The maximum Gasteiger partial charge on any atom is 0.115 e. The Morgan fingerprint density at radius 3 is 2.20 bits per heavy atom. The summed E-state index contributed by atoms with van der Waals surface area (Å²) < 4.78 is 0. The molecule has 1 atom stereocenters.